The molecule has 0 aliphatic carbocycles. The van der Waals surface area contributed by atoms with Crippen LogP contribution in [0, 0.1) is 17.1 Å². The van der Waals surface area contributed by atoms with E-state index in [0.29, 0.717) is 22.9 Å². The lowest BCUT2D eigenvalue weighted by Gasteiger charge is -2.28. The first kappa shape index (κ1) is 25.9. The highest BCUT2D eigenvalue weighted by Crippen LogP contribution is 2.28. The molecule has 3 heterocycles. The molecule has 2 fully saturated rings. The number of anilines is 2. The van der Waals surface area contributed by atoms with Gasteiger partial charge in [0.2, 0.25) is 0 Å². The Kier molecular flexibility index (Phi) is 9.09. The number of nitrogens with one attached hydrogen (secondary N) is 2. The molecular weight excluding hydrogens is 475 g/mol. The van der Waals surface area contributed by atoms with Crippen LogP contribution in [0.5, 0.6) is 0 Å². The lowest BCUT2D eigenvalue weighted by atomic mass is 10.1. The van der Waals surface area contributed by atoms with Crippen molar-refractivity contribution in [3.8, 4) is 23.0 Å². The van der Waals surface area contributed by atoms with Gasteiger partial charge in [-0.05, 0) is 62.3 Å². The minimum absolute atomic E-state index is 0.0143. The monoisotopic (exact) mass is 508 g/mol. The molecule has 2 N–H and O–H groups in total. The average Bonchev–Trinajstić information content (AvgIpc) is 3.12. The molecule has 0 spiro atoms. The van der Waals surface area contributed by atoms with Crippen LogP contribution < -0.4 is 15.5 Å². The zero-order chi connectivity index (χ0) is 25.3. The highest BCUT2D eigenvalue weighted by molar-refractivity contribution is 7.85. The molecule has 2 aliphatic heterocycles. The Morgan fingerprint density at radius 2 is 1.67 bits per heavy atom. The summed E-state index contributed by atoms with van der Waals surface area (Å²) < 4.78 is 27.5. The average molecular weight is 509 g/mol. The second kappa shape index (κ2) is 12.7. The summed E-state index contributed by atoms with van der Waals surface area (Å²) in [5.74, 6) is 1.50. The highest BCUT2D eigenvalue weighted by atomic mass is 32.2. The lowest BCUT2D eigenvalue weighted by Crippen LogP contribution is -2.37. The van der Waals surface area contributed by atoms with E-state index in [1.807, 2.05) is 36.4 Å². The first-order valence-electron chi connectivity index (χ1n) is 12.5. The molecule has 9 heteroatoms. The molecule has 2 aliphatic rings. The second-order valence-corrected chi connectivity index (χ2v) is 10.6. The summed E-state index contributed by atoms with van der Waals surface area (Å²) in [6.07, 6.45) is 5.65. The molecule has 5 rings (SSSR count). The Morgan fingerprint density at radius 1 is 1.00 bits per heavy atom. The number of rotatable bonds is 4. The number of hydrogen-bond donors (Lipinski definition) is 2. The fourth-order valence-electron chi connectivity index (χ4n) is 4.35. The zero-order valence-electron chi connectivity index (χ0n) is 20.7. The summed E-state index contributed by atoms with van der Waals surface area (Å²) in [6, 6.07) is 16.2. The molecule has 1 aromatic heterocycles. The van der Waals surface area contributed by atoms with Gasteiger partial charge >= 0.3 is 0 Å². The lowest BCUT2D eigenvalue weighted by molar-refractivity contribution is 0.624. The summed E-state index contributed by atoms with van der Waals surface area (Å²) in [7, 11) is 1.07. The summed E-state index contributed by atoms with van der Waals surface area (Å²) >= 11 is 0. The van der Waals surface area contributed by atoms with Gasteiger partial charge in [-0.2, -0.15) is 5.26 Å². The van der Waals surface area contributed by atoms with Gasteiger partial charge < -0.3 is 15.5 Å². The molecule has 0 radical (unpaired) electrons. The van der Waals surface area contributed by atoms with Crippen LogP contribution in [0.1, 0.15) is 31.2 Å². The van der Waals surface area contributed by atoms with Crippen molar-refractivity contribution in [2.24, 2.45) is 0 Å². The third-order valence-corrected chi connectivity index (χ3v) is 7.72. The van der Waals surface area contributed by atoms with Gasteiger partial charge in [-0.1, -0.05) is 18.9 Å². The van der Waals surface area contributed by atoms with E-state index >= 15 is 0 Å². The molecule has 0 unspecified atom stereocenters. The highest BCUT2D eigenvalue weighted by Gasteiger charge is 2.17. The van der Waals surface area contributed by atoms with Crippen molar-refractivity contribution in [2.75, 3.05) is 54.9 Å². The Morgan fingerprint density at radius 3 is 2.28 bits per heavy atom. The number of hydrogen-bond acceptors (Lipinski definition) is 6. The summed E-state index contributed by atoms with van der Waals surface area (Å²) in [5.41, 5.74) is 3.30. The van der Waals surface area contributed by atoms with Crippen LogP contribution in [0.2, 0.25) is 0 Å². The molecule has 0 amide bonds. The summed E-state index contributed by atoms with van der Waals surface area (Å²) in [5, 5.41) is 19.9. The van der Waals surface area contributed by atoms with Crippen molar-refractivity contribution in [1.29, 1.82) is 5.26 Å². The SMILES string of the molecule is C1CCCNCC1.CNc1cc(-c2ccc(C#N)c(F)c2)n(-c2ccc(N3CCS(=O)CC3)cc2)n1. The molecule has 36 heavy (non-hydrogen) atoms. The van der Waals surface area contributed by atoms with Gasteiger partial charge in [-0.25, -0.2) is 9.07 Å². The summed E-state index contributed by atoms with van der Waals surface area (Å²) in [6.45, 7) is 4.07. The van der Waals surface area contributed by atoms with Gasteiger partial charge in [0.1, 0.15) is 17.7 Å². The zero-order valence-corrected chi connectivity index (χ0v) is 21.5. The van der Waals surface area contributed by atoms with E-state index < -0.39 is 16.6 Å². The molecule has 7 nitrogen and oxygen atoms in total. The van der Waals surface area contributed by atoms with Crippen LogP contribution in [0.3, 0.4) is 0 Å². The maximum atomic E-state index is 14.2. The van der Waals surface area contributed by atoms with E-state index in [2.05, 4.69) is 20.6 Å². The maximum absolute atomic E-state index is 14.2. The predicted octanol–water partition coefficient (Wildman–Crippen LogP) is 4.31. The minimum atomic E-state index is -0.709. The van der Waals surface area contributed by atoms with Gasteiger partial charge in [-0.15, -0.1) is 5.10 Å². The van der Waals surface area contributed by atoms with Gasteiger partial charge in [0.05, 0.1) is 16.9 Å². The molecule has 0 saturated carbocycles. The predicted molar refractivity (Wildman–Crippen MR) is 145 cm³/mol. The topological polar surface area (TPSA) is 86.0 Å². The standard InChI is InChI=1S/C21H20FN5OS.C6H13N/c1-24-21-13-20(15-2-3-16(14-23)19(22)12-15)27(25-21)18-6-4-17(5-7-18)26-8-10-29(28)11-9-26;1-2-4-6-7-5-3-1/h2-7,12-13H,8-11H2,1H3,(H,24,25);7H,1-6H2. The fourth-order valence-corrected chi connectivity index (χ4v) is 5.40. The number of benzene rings is 2. The largest absolute Gasteiger partial charge is 0.372 e. The van der Waals surface area contributed by atoms with Crippen LogP contribution in [-0.2, 0) is 10.8 Å². The smallest absolute Gasteiger partial charge is 0.148 e. The van der Waals surface area contributed by atoms with Gasteiger partial charge in [0.25, 0.3) is 0 Å². The van der Waals surface area contributed by atoms with E-state index in [9.17, 15) is 8.60 Å². The first-order chi connectivity index (χ1) is 17.6. The van der Waals surface area contributed by atoms with Crippen LogP contribution >= 0.6 is 0 Å². The van der Waals surface area contributed by atoms with Crippen molar-refractivity contribution in [3.63, 3.8) is 0 Å². The van der Waals surface area contributed by atoms with Gasteiger partial charge in [0.15, 0.2) is 0 Å². The van der Waals surface area contributed by atoms with Crippen molar-refractivity contribution in [2.45, 2.75) is 25.7 Å². The molecular formula is C27H33FN6OS. The van der Waals surface area contributed by atoms with E-state index in [1.54, 1.807) is 17.8 Å². The van der Waals surface area contributed by atoms with Crippen LogP contribution in [-0.4, -0.2) is 58.7 Å². The molecule has 0 atom stereocenters. The molecule has 2 aromatic carbocycles. The van der Waals surface area contributed by atoms with Crippen LogP contribution in [0.15, 0.2) is 48.5 Å². The Labute approximate surface area is 214 Å². The van der Waals surface area contributed by atoms with Crippen molar-refractivity contribution >= 4 is 22.3 Å². The first-order valence-corrected chi connectivity index (χ1v) is 14.0. The number of halogens is 1. The third kappa shape index (κ3) is 6.50. The van der Waals surface area contributed by atoms with Crippen molar-refractivity contribution < 1.29 is 8.60 Å². The van der Waals surface area contributed by atoms with E-state index in [1.165, 1.54) is 50.9 Å². The van der Waals surface area contributed by atoms with E-state index in [0.717, 1.165) is 30.2 Å². The minimum Gasteiger partial charge on any atom is -0.372 e. The Bertz CT molecular complexity index is 1190. The van der Waals surface area contributed by atoms with Gasteiger partial charge in [-0.3, -0.25) is 4.21 Å². The normalized spacial score (nSPS) is 16.4. The quantitative estimate of drug-likeness (QED) is 0.546. The fraction of sp³-hybridized carbons (Fsp3) is 0.407. The van der Waals surface area contributed by atoms with Crippen LogP contribution in [0.25, 0.3) is 16.9 Å². The number of aromatic nitrogens is 2. The maximum Gasteiger partial charge on any atom is 0.148 e. The number of nitrogens with zero attached hydrogens (tertiary/aromatic N) is 4. The molecule has 0 bridgehead atoms. The molecule has 190 valence electrons. The van der Waals surface area contributed by atoms with E-state index in [-0.39, 0.29) is 5.56 Å². The second-order valence-electron chi connectivity index (χ2n) is 8.90. The van der Waals surface area contributed by atoms with E-state index in [4.69, 9.17) is 5.26 Å². The Balaban J connectivity index is 0.000000375. The molecule has 3 aromatic rings. The molecule has 2 saturated heterocycles. The third-order valence-electron chi connectivity index (χ3n) is 6.45. The van der Waals surface area contributed by atoms with Crippen molar-refractivity contribution in [3.05, 3.63) is 59.9 Å². The number of nitriles is 1. The Hall–Kier alpha value is -3.22. The van der Waals surface area contributed by atoms with Crippen molar-refractivity contribution in [1.82, 2.24) is 15.1 Å². The van der Waals surface area contributed by atoms with Gasteiger partial charge in [0, 0.05) is 59.8 Å². The summed E-state index contributed by atoms with van der Waals surface area (Å²) in [4.78, 5) is 2.23. The van der Waals surface area contributed by atoms with Crippen LogP contribution in [0.4, 0.5) is 15.9 Å².